The lowest BCUT2D eigenvalue weighted by molar-refractivity contribution is -0.123. The van der Waals surface area contributed by atoms with Gasteiger partial charge in [0.25, 0.3) is 5.91 Å². The predicted octanol–water partition coefficient (Wildman–Crippen LogP) is -0.483. The number of furan rings is 1. The average molecular weight is 329 g/mol. The van der Waals surface area contributed by atoms with Crippen LogP contribution in [0.5, 0.6) is 0 Å². The summed E-state index contributed by atoms with van der Waals surface area (Å²) in [4.78, 5) is 40.9. The Kier molecular flexibility index (Phi) is 3.33. The van der Waals surface area contributed by atoms with Gasteiger partial charge in [-0.25, -0.2) is 4.79 Å². The van der Waals surface area contributed by atoms with E-state index in [1.807, 2.05) is 4.90 Å². The maximum atomic E-state index is 11.7. The van der Waals surface area contributed by atoms with Gasteiger partial charge in [0.2, 0.25) is 5.91 Å². The Balaban J connectivity index is 1.54. The molecule has 0 bridgehead atoms. The minimum absolute atomic E-state index is 0.0245. The van der Waals surface area contributed by atoms with E-state index in [1.54, 1.807) is 18.2 Å². The number of hydrogen-bond donors (Lipinski definition) is 3. The Morgan fingerprint density at radius 1 is 1.25 bits per heavy atom. The molecule has 1 unspecified atom stereocenters. The molecule has 1 aromatic heterocycles. The van der Waals surface area contributed by atoms with Crippen molar-refractivity contribution in [3.8, 4) is 0 Å². The molecule has 2 fully saturated rings. The molecule has 0 aliphatic carbocycles. The van der Waals surface area contributed by atoms with Crippen LogP contribution in [0.25, 0.3) is 6.08 Å². The molecule has 4 heterocycles. The Labute approximate surface area is 136 Å². The normalized spacial score (nSPS) is 23.2. The molecule has 9 nitrogen and oxygen atoms in total. The van der Waals surface area contributed by atoms with Crippen LogP contribution in [0.15, 0.2) is 21.6 Å². The van der Waals surface area contributed by atoms with E-state index in [-0.39, 0.29) is 12.5 Å². The molecule has 3 aliphatic heterocycles. The van der Waals surface area contributed by atoms with Crippen molar-refractivity contribution in [1.29, 1.82) is 0 Å². The zero-order valence-electron chi connectivity index (χ0n) is 12.7. The number of nitrogens with zero attached hydrogens (tertiary/aromatic N) is 2. The Morgan fingerprint density at radius 3 is 2.88 bits per heavy atom. The van der Waals surface area contributed by atoms with Crippen LogP contribution >= 0.6 is 0 Å². The second kappa shape index (κ2) is 5.52. The summed E-state index contributed by atoms with van der Waals surface area (Å²) in [5.74, 6) is 1.24. The molecular weight excluding hydrogens is 314 g/mol. The average Bonchev–Trinajstić information content (AvgIpc) is 3.04. The van der Waals surface area contributed by atoms with Crippen molar-refractivity contribution >= 4 is 29.8 Å². The molecule has 0 spiro atoms. The number of rotatable bonds is 1. The van der Waals surface area contributed by atoms with E-state index < -0.39 is 18.0 Å². The summed E-state index contributed by atoms with van der Waals surface area (Å²) in [6, 6.07) is 0.383. The Hall–Kier alpha value is -3.10. The van der Waals surface area contributed by atoms with Crippen molar-refractivity contribution in [3.63, 3.8) is 0 Å². The summed E-state index contributed by atoms with van der Waals surface area (Å²) in [5.41, 5.74) is 0.826. The smallest absolute Gasteiger partial charge is 0.322 e. The molecule has 0 aromatic carbocycles. The highest BCUT2D eigenvalue weighted by Gasteiger charge is 2.34. The van der Waals surface area contributed by atoms with Gasteiger partial charge in [0, 0.05) is 18.7 Å². The lowest BCUT2D eigenvalue weighted by atomic mass is 10.2. The summed E-state index contributed by atoms with van der Waals surface area (Å²) in [6.07, 6.45) is 3.57. The number of hydrogen-bond acceptors (Lipinski definition) is 6. The van der Waals surface area contributed by atoms with Gasteiger partial charge in [-0.15, -0.1) is 0 Å². The van der Waals surface area contributed by atoms with E-state index in [2.05, 4.69) is 20.9 Å². The monoisotopic (exact) mass is 329 g/mol. The molecule has 0 radical (unpaired) electrons. The fraction of sp³-hybridized carbons (Fsp3) is 0.333. The summed E-state index contributed by atoms with van der Waals surface area (Å²) in [6.45, 7) is 1.96. The number of carbonyl (C=O) groups excluding carboxylic acids is 3. The molecular formula is C15H15N5O4. The lowest BCUT2D eigenvalue weighted by Gasteiger charge is -2.28. The van der Waals surface area contributed by atoms with Crippen molar-refractivity contribution in [1.82, 2.24) is 20.9 Å². The second-order valence-electron chi connectivity index (χ2n) is 5.71. The van der Waals surface area contributed by atoms with Gasteiger partial charge < -0.3 is 20.0 Å². The van der Waals surface area contributed by atoms with Gasteiger partial charge >= 0.3 is 6.03 Å². The summed E-state index contributed by atoms with van der Waals surface area (Å²) >= 11 is 0. The number of urea groups is 1. The number of aliphatic imine (C=N–C) groups is 1. The van der Waals surface area contributed by atoms with Gasteiger partial charge in [0.1, 0.15) is 17.4 Å². The van der Waals surface area contributed by atoms with Crippen LogP contribution in [0.4, 0.5) is 4.79 Å². The third kappa shape index (κ3) is 2.53. The van der Waals surface area contributed by atoms with Crippen molar-refractivity contribution in [3.05, 3.63) is 29.2 Å². The molecule has 1 aromatic rings. The maximum absolute atomic E-state index is 11.7. The summed E-state index contributed by atoms with van der Waals surface area (Å²) in [5, 5.41) is 7.45. The third-order valence-electron chi connectivity index (χ3n) is 4.08. The fourth-order valence-electron chi connectivity index (χ4n) is 2.90. The van der Waals surface area contributed by atoms with E-state index in [1.165, 1.54) is 0 Å². The number of amides is 4. The van der Waals surface area contributed by atoms with Crippen LogP contribution in [0.3, 0.4) is 0 Å². The predicted molar refractivity (Wildman–Crippen MR) is 82.9 cm³/mol. The van der Waals surface area contributed by atoms with E-state index in [0.717, 1.165) is 11.4 Å². The van der Waals surface area contributed by atoms with Gasteiger partial charge in [0.05, 0.1) is 13.1 Å². The third-order valence-corrected chi connectivity index (χ3v) is 4.08. The molecule has 3 N–H and O–H groups in total. The van der Waals surface area contributed by atoms with Crippen LogP contribution in [0.1, 0.15) is 23.1 Å². The van der Waals surface area contributed by atoms with Gasteiger partial charge in [-0.2, -0.15) is 0 Å². The highest BCUT2D eigenvalue weighted by molar-refractivity contribution is 6.04. The van der Waals surface area contributed by atoms with Crippen LogP contribution in [-0.4, -0.2) is 48.2 Å². The number of piperazine rings is 1. The lowest BCUT2D eigenvalue weighted by Crippen LogP contribution is -2.49. The van der Waals surface area contributed by atoms with E-state index in [4.69, 9.17) is 4.42 Å². The minimum atomic E-state index is -0.813. The van der Waals surface area contributed by atoms with Crippen molar-refractivity contribution in [2.75, 3.05) is 19.6 Å². The van der Waals surface area contributed by atoms with Gasteiger partial charge in [-0.1, -0.05) is 0 Å². The molecule has 4 amide bonds. The first kappa shape index (κ1) is 14.5. The molecule has 124 valence electrons. The first-order chi connectivity index (χ1) is 11.6. The number of amidine groups is 1. The zero-order valence-corrected chi connectivity index (χ0v) is 12.7. The van der Waals surface area contributed by atoms with Gasteiger partial charge in [-0.05, 0) is 18.2 Å². The summed E-state index contributed by atoms with van der Waals surface area (Å²) in [7, 11) is 0. The topological polar surface area (TPSA) is 116 Å². The highest BCUT2D eigenvalue weighted by atomic mass is 16.3. The first-order valence-electron chi connectivity index (χ1n) is 7.58. The Morgan fingerprint density at radius 2 is 2.12 bits per heavy atom. The Bertz CT molecular complexity index is 794. The quantitative estimate of drug-likeness (QED) is 0.602. The summed E-state index contributed by atoms with van der Waals surface area (Å²) < 4.78 is 5.71. The number of imide groups is 1. The van der Waals surface area contributed by atoms with Crippen molar-refractivity contribution in [2.45, 2.75) is 12.6 Å². The standard InChI is InChI=1S/C15H15N5O4/c21-12-7-20(4-3-16-12)11-2-1-9-8(6-17-11)5-10(24-9)13-14(22)19-15(23)18-13/h1-2,5,13H,3-4,6-7H2,(H,16,21)(H2,18,19,22,23). The van der Waals surface area contributed by atoms with Gasteiger partial charge in [-0.3, -0.25) is 19.9 Å². The first-order valence-corrected chi connectivity index (χ1v) is 7.58. The molecule has 2 saturated heterocycles. The molecule has 0 saturated carbocycles. The molecule has 1 atom stereocenters. The van der Waals surface area contributed by atoms with Crippen molar-refractivity contribution in [2.24, 2.45) is 4.99 Å². The second-order valence-corrected chi connectivity index (χ2v) is 5.71. The number of fused-ring (bicyclic) bond motifs is 1. The van der Waals surface area contributed by atoms with Crippen LogP contribution in [-0.2, 0) is 16.1 Å². The maximum Gasteiger partial charge on any atom is 0.322 e. The van der Waals surface area contributed by atoms with Crippen LogP contribution in [0.2, 0.25) is 0 Å². The van der Waals surface area contributed by atoms with Gasteiger partial charge in [0.15, 0.2) is 6.04 Å². The SMILES string of the molecule is O=C1CN(C2=NCc3cc(C4NC(=O)NC4=O)oc3C=C2)CCN1. The van der Waals surface area contributed by atoms with Crippen LogP contribution in [0, 0.1) is 0 Å². The van der Waals surface area contributed by atoms with Crippen LogP contribution < -0.4 is 16.0 Å². The van der Waals surface area contributed by atoms with E-state index in [0.29, 0.717) is 31.2 Å². The number of nitrogens with one attached hydrogen (secondary N) is 3. The fourth-order valence-corrected chi connectivity index (χ4v) is 2.90. The minimum Gasteiger partial charge on any atom is -0.459 e. The zero-order chi connectivity index (χ0) is 16.7. The largest absolute Gasteiger partial charge is 0.459 e. The number of carbonyl (C=O) groups is 3. The van der Waals surface area contributed by atoms with Crippen molar-refractivity contribution < 1.29 is 18.8 Å². The molecule has 3 aliphatic rings. The molecule has 4 rings (SSSR count). The van der Waals surface area contributed by atoms with E-state index in [9.17, 15) is 14.4 Å². The molecule has 9 heteroatoms. The van der Waals surface area contributed by atoms with E-state index >= 15 is 0 Å². The molecule has 24 heavy (non-hydrogen) atoms. The highest BCUT2D eigenvalue weighted by Crippen LogP contribution is 2.26.